The van der Waals surface area contributed by atoms with Crippen molar-refractivity contribution < 1.29 is 4.79 Å². The Morgan fingerprint density at radius 2 is 1.58 bits per heavy atom. The van der Waals surface area contributed by atoms with Crippen molar-refractivity contribution in [3.63, 3.8) is 0 Å². The van der Waals surface area contributed by atoms with Gasteiger partial charge in [0, 0.05) is 23.7 Å². The molecule has 0 radical (unpaired) electrons. The van der Waals surface area contributed by atoms with Gasteiger partial charge in [0.05, 0.1) is 12.2 Å². The van der Waals surface area contributed by atoms with Crippen LogP contribution in [0.15, 0.2) is 42.7 Å². The third-order valence-corrected chi connectivity index (χ3v) is 5.24. The lowest BCUT2D eigenvalue weighted by Crippen LogP contribution is -2.04. The van der Waals surface area contributed by atoms with Gasteiger partial charge in [0.25, 0.3) is 0 Å². The van der Waals surface area contributed by atoms with Crippen LogP contribution in [0.3, 0.4) is 0 Å². The van der Waals surface area contributed by atoms with E-state index in [1.165, 1.54) is 16.7 Å². The lowest BCUT2D eigenvalue weighted by molar-refractivity contribution is 0.103. The van der Waals surface area contributed by atoms with E-state index >= 15 is 0 Å². The number of hydrogen-bond donors (Lipinski definition) is 1. The Morgan fingerprint density at radius 3 is 2.12 bits per heavy atom. The Morgan fingerprint density at radius 1 is 0.962 bits per heavy atom. The van der Waals surface area contributed by atoms with E-state index in [4.69, 9.17) is 0 Å². The molecule has 0 saturated carbocycles. The molecule has 26 heavy (non-hydrogen) atoms. The average Bonchev–Trinajstić information content (AvgIpc) is 3.22. The SMILES string of the molecule is CCc1cn(Cc2[nH]c(C(=O)c3ccccc3)c(C)c2CC)cc1CC. The molecule has 0 unspecified atom stereocenters. The third kappa shape index (κ3) is 3.39. The van der Waals surface area contributed by atoms with E-state index in [0.717, 1.165) is 48.3 Å². The third-order valence-electron chi connectivity index (χ3n) is 5.24. The van der Waals surface area contributed by atoms with Gasteiger partial charge in [0.2, 0.25) is 5.78 Å². The first-order valence-corrected chi connectivity index (χ1v) is 9.56. The maximum atomic E-state index is 12.9. The van der Waals surface area contributed by atoms with Gasteiger partial charge in [0.15, 0.2) is 0 Å². The van der Waals surface area contributed by atoms with E-state index in [0.29, 0.717) is 0 Å². The number of H-pyrrole nitrogens is 1. The summed E-state index contributed by atoms with van der Waals surface area (Å²) in [5, 5.41) is 0. The highest BCUT2D eigenvalue weighted by Gasteiger charge is 2.19. The zero-order valence-electron chi connectivity index (χ0n) is 16.2. The van der Waals surface area contributed by atoms with E-state index in [2.05, 4.69) is 49.6 Å². The molecule has 0 bridgehead atoms. The van der Waals surface area contributed by atoms with Gasteiger partial charge in [-0.15, -0.1) is 0 Å². The largest absolute Gasteiger partial charge is 0.354 e. The Hall–Kier alpha value is -2.55. The quantitative estimate of drug-likeness (QED) is 0.593. The number of carbonyl (C=O) groups is 1. The van der Waals surface area contributed by atoms with Crippen LogP contribution in [0.5, 0.6) is 0 Å². The molecule has 0 atom stereocenters. The van der Waals surface area contributed by atoms with Gasteiger partial charge in [-0.05, 0) is 48.4 Å². The fourth-order valence-electron chi connectivity index (χ4n) is 3.79. The van der Waals surface area contributed by atoms with Crippen LogP contribution in [0.4, 0.5) is 0 Å². The van der Waals surface area contributed by atoms with Crippen molar-refractivity contribution in [3.8, 4) is 0 Å². The molecular weight excluding hydrogens is 320 g/mol. The van der Waals surface area contributed by atoms with Crippen LogP contribution in [0.1, 0.15) is 64.8 Å². The molecule has 3 heteroatoms. The van der Waals surface area contributed by atoms with Gasteiger partial charge in [-0.1, -0.05) is 51.1 Å². The first-order valence-electron chi connectivity index (χ1n) is 9.56. The molecule has 0 aliphatic heterocycles. The number of carbonyl (C=O) groups excluding carboxylic acids is 1. The van der Waals surface area contributed by atoms with Crippen molar-refractivity contribution >= 4 is 5.78 Å². The zero-order chi connectivity index (χ0) is 18.7. The Balaban J connectivity index is 1.96. The van der Waals surface area contributed by atoms with Crippen LogP contribution in [0.2, 0.25) is 0 Å². The molecule has 0 saturated heterocycles. The monoisotopic (exact) mass is 348 g/mol. The van der Waals surface area contributed by atoms with Gasteiger partial charge >= 0.3 is 0 Å². The summed E-state index contributed by atoms with van der Waals surface area (Å²) in [4.78, 5) is 16.4. The summed E-state index contributed by atoms with van der Waals surface area (Å²) < 4.78 is 2.25. The first-order chi connectivity index (χ1) is 12.6. The summed E-state index contributed by atoms with van der Waals surface area (Å²) >= 11 is 0. The summed E-state index contributed by atoms with van der Waals surface area (Å²) in [5.74, 6) is 0.0695. The van der Waals surface area contributed by atoms with E-state index in [9.17, 15) is 4.79 Å². The molecule has 2 aromatic heterocycles. The predicted octanol–water partition coefficient (Wildman–Crippen LogP) is 5.09. The smallest absolute Gasteiger partial charge is 0.209 e. The summed E-state index contributed by atoms with van der Waals surface area (Å²) in [6.07, 6.45) is 7.51. The molecule has 1 aromatic carbocycles. The summed E-state index contributed by atoms with van der Waals surface area (Å²) in [5.41, 5.74) is 7.76. The van der Waals surface area contributed by atoms with E-state index in [-0.39, 0.29) is 5.78 Å². The van der Waals surface area contributed by atoms with Crippen LogP contribution in [-0.4, -0.2) is 15.3 Å². The second-order valence-corrected chi connectivity index (χ2v) is 6.82. The van der Waals surface area contributed by atoms with Crippen LogP contribution in [0, 0.1) is 6.92 Å². The summed E-state index contributed by atoms with van der Waals surface area (Å²) in [7, 11) is 0. The van der Waals surface area contributed by atoms with Gasteiger partial charge in [-0.3, -0.25) is 4.79 Å². The van der Waals surface area contributed by atoms with E-state index in [1.807, 2.05) is 30.3 Å². The maximum absolute atomic E-state index is 12.9. The van der Waals surface area contributed by atoms with E-state index < -0.39 is 0 Å². The molecule has 0 spiro atoms. The number of hydrogen-bond acceptors (Lipinski definition) is 1. The van der Waals surface area contributed by atoms with Crippen LogP contribution in [0.25, 0.3) is 0 Å². The van der Waals surface area contributed by atoms with Gasteiger partial charge in [-0.2, -0.15) is 0 Å². The van der Waals surface area contributed by atoms with Gasteiger partial charge < -0.3 is 9.55 Å². The minimum atomic E-state index is 0.0695. The number of benzene rings is 1. The molecule has 0 amide bonds. The number of rotatable bonds is 7. The number of aromatic nitrogens is 2. The molecule has 0 aliphatic rings. The standard InChI is InChI=1S/C23H28N2O/c1-5-17-13-25(14-18(17)6-2)15-21-20(7-3)16(4)22(24-21)23(26)19-11-9-8-10-12-19/h8-14,24H,5-7,15H2,1-4H3. The number of nitrogens with one attached hydrogen (secondary N) is 1. The molecule has 3 rings (SSSR count). The molecular formula is C23H28N2O. The minimum Gasteiger partial charge on any atom is -0.354 e. The number of aryl methyl sites for hydroxylation is 2. The van der Waals surface area contributed by atoms with E-state index in [1.54, 1.807) is 0 Å². The Kier molecular flexibility index (Phi) is 5.46. The van der Waals surface area contributed by atoms with Crippen LogP contribution < -0.4 is 0 Å². The van der Waals surface area contributed by atoms with Crippen molar-refractivity contribution in [1.82, 2.24) is 9.55 Å². The summed E-state index contributed by atoms with van der Waals surface area (Å²) in [6, 6.07) is 9.50. The highest BCUT2D eigenvalue weighted by atomic mass is 16.1. The van der Waals surface area contributed by atoms with Gasteiger partial charge in [-0.25, -0.2) is 0 Å². The lowest BCUT2D eigenvalue weighted by atomic mass is 10.0. The molecule has 2 heterocycles. The second-order valence-electron chi connectivity index (χ2n) is 6.82. The predicted molar refractivity (Wildman–Crippen MR) is 107 cm³/mol. The van der Waals surface area contributed by atoms with Crippen LogP contribution in [-0.2, 0) is 25.8 Å². The highest BCUT2D eigenvalue weighted by Crippen LogP contribution is 2.23. The van der Waals surface area contributed by atoms with Crippen LogP contribution >= 0.6 is 0 Å². The lowest BCUT2D eigenvalue weighted by Gasteiger charge is -2.04. The first kappa shape index (κ1) is 18.2. The van der Waals surface area contributed by atoms with Crippen molar-refractivity contribution in [2.24, 2.45) is 0 Å². The topological polar surface area (TPSA) is 37.8 Å². The molecule has 3 nitrogen and oxygen atoms in total. The second kappa shape index (κ2) is 7.77. The normalized spacial score (nSPS) is 11.1. The molecule has 1 N–H and O–H groups in total. The highest BCUT2D eigenvalue weighted by molar-refractivity contribution is 6.09. The number of aromatic amines is 1. The fourth-order valence-corrected chi connectivity index (χ4v) is 3.79. The summed E-state index contributed by atoms with van der Waals surface area (Å²) in [6.45, 7) is 9.39. The molecule has 0 fully saturated rings. The molecule has 136 valence electrons. The zero-order valence-corrected chi connectivity index (χ0v) is 16.2. The number of ketones is 1. The van der Waals surface area contributed by atoms with Crippen molar-refractivity contribution in [2.75, 3.05) is 0 Å². The number of nitrogens with zero attached hydrogens (tertiary/aromatic N) is 1. The Bertz CT molecular complexity index is 878. The van der Waals surface area contributed by atoms with Crippen molar-refractivity contribution in [2.45, 2.75) is 53.5 Å². The molecule has 0 aliphatic carbocycles. The van der Waals surface area contributed by atoms with Gasteiger partial charge in [0.1, 0.15) is 0 Å². The average molecular weight is 348 g/mol. The van der Waals surface area contributed by atoms with Crippen molar-refractivity contribution in [3.05, 3.63) is 81.9 Å². The molecule has 3 aromatic rings. The Labute approximate surface area is 156 Å². The minimum absolute atomic E-state index is 0.0695. The van der Waals surface area contributed by atoms with Crippen molar-refractivity contribution in [1.29, 1.82) is 0 Å². The maximum Gasteiger partial charge on any atom is 0.209 e. The fraction of sp³-hybridized carbons (Fsp3) is 0.348.